The Balaban J connectivity index is 2.27. The average molecular weight is 282 g/mol. The van der Waals surface area contributed by atoms with Crippen molar-refractivity contribution in [2.45, 2.75) is 90.9 Å². The predicted octanol–water partition coefficient (Wildman–Crippen LogP) is 5.89. The van der Waals surface area contributed by atoms with Gasteiger partial charge in [0.1, 0.15) is 0 Å². The van der Waals surface area contributed by atoms with E-state index in [4.69, 9.17) is 0 Å². The Kier molecular flexibility index (Phi) is 10.4. The van der Waals surface area contributed by atoms with Crippen LogP contribution in [0.25, 0.3) is 0 Å². The molecule has 0 spiro atoms. The SMILES string of the molecule is CCCCCCCC(CCCCC)C1CCN(C)CC1. The highest BCUT2D eigenvalue weighted by molar-refractivity contribution is 4.77. The van der Waals surface area contributed by atoms with Gasteiger partial charge in [0.05, 0.1) is 0 Å². The van der Waals surface area contributed by atoms with Crippen molar-refractivity contribution >= 4 is 0 Å². The van der Waals surface area contributed by atoms with Crippen molar-refractivity contribution < 1.29 is 0 Å². The zero-order valence-electron chi connectivity index (χ0n) is 14.5. The first kappa shape index (κ1) is 18.0. The van der Waals surface area contributed by atoms with Gasteiger partial charge in [0.2, 0.25) is 0 Å². The Labute approximate surface area is 128 Å². The van der Waals surface area contributed by atoms with Crippen LogP contribution in [0.15, 0.2) is 0 Å². The summed E-state index contributed by atoms with van der Waals surface area (Å²) in [7, 11) is 2.28. The van der Waals surface area contributed by atoms with Crippen LogP contribution in [0.3, 0.4) is 0 Å². The van der Waals surface area contributed by atoms with Crippen molar-refractivity contribution in [3.63, 3.8) is 0 Å². The van der Waals surface area contributed by atoms with E-state index in [0.29, 0.717) is 0 Å². The van der Waals surface area contributed by atoms with Crippen molar-refractivity contribution in [3.05, 3.63) is 0 Å². The average Bonchev–Trinajstić information content (AvgIpc) is 2.46. The summed E-state index contributed by atoms with van der Waals surface area (Å²) in [6.07, 6.45) is 17.5. The molecule has 0 radical (unpaired) electrons. The van der Waals surface area contributed by atoms with E-state index in [-0.39, 0.29) is 0 Å². The summed E-state index contributed by atoms with van der Waals surface area (Å²) >= 11 is 0. The zero-order chi connectivity index (χ0) is 14.6. The van der Waals surface area contributed by atoms with Crippen molar-refractivity contribution in [1.82, 2.24) is 4.90 Å². The van der Waals surface area contributed by atoms with Gasteiger partial charge in [0, 0.05) is 0 Å². The topological polar surface area (TPSA) is 3.24 Å². The Hall–Kier alpha value is -0.0400. The van der Waals surface area contributed by atoms with Gasteiger partial charge in [0.15, 0.2) is 0 Å². The lowest BCUT2D eigenvalue weighted by Gasteiger charge is -2.34. The number of hydrogen-bond donors (Lipinski definition) is 0. The van der Waals surface area contributed by atoms with E-state index in [1.165, 1.54) is 90.1 Å². The second-order valence-electron chi connectivity index (χ2n) is 7.10. The third-order valence-corrected chi connectivity index (χ3v) is 5.29. The maximum absolute atomic E-state index is 2.51. The molecule has 0 aliphatic carbocycles. The standard InChI is InChI=1S/C19H39N/c1-4-6-8-9-11-13-18(12-10-7-5-2)19-14-16-20(3)17-15-19/h18-19H,4-17H2,1-3H3. The van der Waals surface area contributed by atoms with E-state index >= 15 is 0 Å². The van der Waals surface area contributed by atoms with Gasteiger partial charge in [-0.05, 0) is 44.8 Å². The fourth-order valence-electron chi connectivity index (χ4n) is 3.78. The highest BCUT2D eigenvalue weighted by Gasteiger charge is 2.24. The van der Waals surface area contributed by atoms with Gasteiger partial charge < -0.3 is 4.90 Å². The van der Waals surface area contributed by atoms with Crippen LogP contribution in [-0.4, -0.2) is 25.0 Å². The van der Waals surface area contributed by atoms with Gasteiger partial charge in [-0.3, -0.25) is 0 Å². The van der Waals surface area contributed by atoms with E-state index in [1.54, 1.807) is 0 Å². The van der Waals surface area contributed by atoms with Crippen molar-refractivity contribution in [3.8, 4) is 0 Å². The van der Waals surface area contributed by atoms with Crippen molar-refractivity contribution in [1.29, 1.82) is 0 Å². The number of likely N-dealkylation sites (tertiary alicyclic amines) is 1. The van der Waals surface area contributed by atoms with Gasteiger partial charge in [0.25, 0.3) is 0 Å². The summed E-state index contributed by atoms with van der Waals surface area (Å²) in [6, 6.07) is 0. The van der Waals surface area contributed by atoms with Crippen LogP contribution in [0.4, 0.5) is 0 Å². The molecule has 20 heavy (non-hydrogen) atoms. The zero-order valence-corrected chi connectivity index (χ0v) is 14.5. The molecule has 1 rings (SSSR count). The number of rotatable bonds is 11. The lowest BCUT2D eigenvalue weighted by atomic mass is 9.78. The number of piperidine rings is 1. The molecule has 1 fully saturated rings. The lowest BCUT2D eigenvalue weighted by molar-refractivity contribution is 0.155. The second-order valence-corrected chi connectivity index (χ2v) is 7.10. The molecule has 1 aliphatic heterocycles. The minimum atomic E-state index is 1.04. The summed E-state index contributed by atoms with van der Waals surface area (Å²) in [4.78, 5) is 2.51. The molecule has 1 atom stereocenters. The molecule has 120 valence electrons. The van der Waals surface area contributed by atoms with Crippen LogP contribution in [-0.2, 0) is 0 Å². The summed E-state index contributed by atoms with van der Waals surface area (Å²) in [5, 5.41) is 0. The molecule has 0 aromatic heterocycles. The van der Waals surface area contributed by atoms with E-state index in [9.17, 15) is 0 Å². The summed E-state index contributed by atoms with van der Waals surface area (Å²) in [6.45, 7) is 7.32. The quantitative estimate of drug-likeness (QED) is 0.427. The van der Waals surface area contributed by atoms with E-state index in [2.05, 4.69) is 25.8 Å². The molecular weight excluding hydrogens is 242 g/mol. The van der Waals surface area contributed by atoms with Gasteiger partial charge >= 0.3 is 0 Å². The Morgan fingerprint density at radius 3 is 1.90 bits per heavy atom. The summed E-state index contributed by atoms with van der Waals surface area (Å²) in [5.41, 5.74) is 0. The van der Waals surface area contributed by atoms with Crippen LogP contribution in [0.5, 0.6) is 0 Å². The minimum absolute atomic E-state index is 1.04. The van der Waals surface area contributed by atoms with Gasteiger partial charge in [-0.1, -0.05) is 78.1 Å². The van der Waals surface area contributed by atoms with E-state index in [1.807, 2.05) is 0 Å². The van der Waals surface area contributed by atoms with Crippen LogP contribution in [0, 0.1) is 11.8 Å². The van der Waals surface area contributed by atoms with Gasteiger partial charge in [-0.2, -0.15) is 0 Å². The predicted molar refractivity (Wildman–Crippen MR) is 91.2 cm³/mol. The molecule has 1 unspecified atom stereocenters. The number of nitrogens with zero attached hydrogens (tertiary/aromatic N) is 1. The summed E-state index contributed by atoms with van der Waals surface area (Å²) < 4.78 is 0. The van der Waals surface area contributed by atoms with E-state index < -0.39 is 0 Å². The molecule has 1 nitrogen and oxygen atoms in total. The molecular formula is C19H39N. The molecule has 0 amide bonds. The van der Waals surface area contributed by atoms with Crippen molar-refractivity contribution in [2.75, 3.05) is 20.1 Å². The molecule has 0 aromatic carbocycles. The monoisotopic (exact) mass is 281 g/mol. The highest BCUT2D eigenvalue weighted by Crippen LogP contribution is 2.32. The third kappa shape index (κ3) is 7.67. The van der Waals surface area contributed by atoms with Crippen LogP contribution < -0.4 is 0 Å². The maximum atomic E-state index is 2.51. The molecule has 0 aromatic rings. The fraction of sp³-hybridized carbons (Fsp3) is 1.00. The molecule has 1 saturated heterocycles. The Bertz CT molecular complexity index is 206. The first-order valence-corrected chi connectivity index (χ1v) is 9.46. The summed E-state index contributed by atoms with van der Waals surface area (Å²) in [5.74, 6) is 2.08. The number of unbranched alkanes of at least 4 members (excludes halogenated alkanes) is 6. The van der Waals surface area contributed by atoms with Gasteiger partial charge in [-0.25, -0.2) is 0 Å². The lowest BCUT2D eigenvalue weighted by Crippen LogP contribution is -2.33. The Morgan fingerprint density at radius 2 is 1.30 bits per heavy atom. The molecule has 1 aliphatic rings. The molecule has 0 saturated carbocycles. The highest BCUT2D eigenvalue weighted by atomic mass is 15.1. The second kappa shape index (κ2) is 11.6. The normalized spacial score (nSPS) is 19.4. The fourth-order valence-corrected chi connectivity index (χ4v) is 3.78. The molecule has 1 heteroatoms. The van der Waals surface area contributed by atoms with Crippen LogP contribution >= 0.6 is 0 Å². The van der Waals surface area contributed by atoms with Crippen LogP contribution in [0.1, 0.15) is 90.9 Å². The Morgan fingerprint density at radius 1 is 0.800 bits per heavy atom. The first-order chi connectivity index (χ1) is 9.77. The third-order valence-electron chi connectivity index (χ3n) is 5.29. The van der Waals surface area contributed by atoms with E-state index in [0.717, 1.165) is 11.8 Å². The molecule has 1 heterocycles. The largest absolute Gasteiger partial charge is 0.306 e. The minimum Gasteiger partial charge on any atom is -0.306 e. The number of hydrogen-bond acceptors (Lipinski definition) is 1. The van der Waals surface area contributed by atoms with Crippen LogP contribution in [0.2, 0.25) is 0 Å². The molecule has 0 N–H and O–H groups in total. The van der Waals surface area contributed by atoms with Crippen molar-refractivity contribution in [2.24, 2.45) is 11.8 Å². The maximum Gasteiger partial charge on any atom is -0.00190 e. The molecule has 0 bridgehead atoms. The smallest absolute Gasteiger partial charge is 0.00190 e. The first-order valence-electron chi connectivity index (χ1n) is 9.46. The van der Waals surface area contributed by atoms with Gasteiger partial charge in [-0.15, -0.1) is 0 Å².